The van der Waals surface area contributed by atoms with Crippen molar-refractivity contribution in [2.75, 3.05) is 13.7 Å². The number of aliphatic hydroxyl groups is 1. The lowest BCUT2D eigenvalue weighted by molar-refractivity contribution is -0.0979. The van der Waals surface area contributed by atoms with Gasteiger partial charge in [-0.2, -0.15) is 5.10 Å². The molecule has 18 heavy (non-hydrogen) atoms. The van der Waals surface area contributed by atoms with E-state index in [-0.39, 0.29) is 12.0 Å². The minimum absolute atomic E-state index is 0.125. The topological polar surface area (TPSA) is 59.3 Å². The molecule has 0 bridgehead atoms. The molecular weight excluding hydrogens is 230 g/mol. The first-order valence-electron chi connectivity index (χ1n) is 6.46. The first kappa shape index (κ1) is 13.5. The van der Waals surface area contributed by atoms with Crippen molar-refractivity contribution in [2.45, 2.75) is 45.5 Å². The molecule has 1 aliphatic rings. The Morgan fingerprint density at radius 1 is 1.61 bits per heavy atom. The van der Waals surface area contributed by atoms with Crippen molar-refractivity contribution in [3.05, 3.63) is 18.0 Å². The molecule has 2 unspecified atom stereocenters. The molecule has 2 N–H and O–H groups in total. The summed E-state index contributed by atoms with van der Waals surface area (Å²) < 4.78 is 7.20. The van der Waals surface area contributed by atoms with E-state index in [1.807, 2.05) is 12.4 Å². The molecule has 2 atom stereocenters. The van der Waals surface area contributed by atoms with Gasteiger partial charge in [-0.3, -0.25) is 4.68 Å². The quantitative estimate of drug-likeness (QED) is 0.786. The minimum Gasteiger partial charge on any atom is -0.394 e. The van der Waals surface area contributed by atoms with E-state index in [0.717, 1.165) is 18.5 Å². The number of aliphatic hydroxyl groups excluding tert-OH is 1. The lowest BCUT2D eigenvalue weighted by Crippen LogP contribution is -2.60. The summed E-state index contributed by atoms with van der Waals surface area (Å²) in [4.78, 5) is 0. The van der Waals surface area contributed by atoms with Crippen molar-refractivity contribution in [1.82, 2.24) is 15.1 Å². The summed E-state index contributed by atoms with van der Waals surface area (Å²) in [6, 6.07) is 0.489. The van der Waals surface area contributed by atoms with Gasteiger partial charge in [0.2, 0.25) is 0 Å². The maximum atomic E-state index is 8.83. The van der Waals surface area contributed by atoms with Gasteiger partial charge in [0.1, 0.15) is 0 Å². The first-order valence-corrected chi connectivity index (χ1v) is 6.46. The predicted molar refractivity (Wildman–Crippen MR) is 69.1 cm³/mol. The molecule has 0 aromatic carbocycles. The number of aromatic nitrogens is 2. The van der Waals surface area contributed by atoms with E-state index in [1.165, 1.54) is 0 Å². The lowest BCUT2D eigenvalue weighted by atomic mass is 9.64. The van der Waals surface area contributed by atoms with Gasteiger partial charge in [0.05, 0.1) is 25.5 Å². The molecule has 2 rings (SSSR count). The van der Waals surface area contributed by atoms with Gasteiger partial charge in [0.25, 0.3) is 0 Å². The summed E-state index contributed by atoms with van der Waals surface area (Å²) in [5, 5.41) is 16.6. The zero-order valence-corrected chi connectivity index (χ0v) is 11.4. The Morgan fingerprint density at radius 2 is 2.39 bits per heavy atom. The van der Waals surface area contributed by atoms with Gasteiger partial charge < -0.3 is 15.2 Å². The molecule has 1 saturated carbocycles. The van der Waals surface area contributed by atoms with Crippen LogP contribution in [-0.4, -0.2) is 40.7 Å². The van der Waals surface area contributed by atoms with Crippen molar-refractivity contribution < 1.29 is 9.84 Å². The molecule has 102 valence electrons. The average Bonchev–Trinajstić information content (AvgIpc) is 2.76. The Hall–Kier alpha value is -0.910. The lowest BCUT2D eigenvalue weighted by Gasteiger charge is -2.51. The SMILES string of the molecule is COC1CC(NCc2cnn(CCO)c2)C1(C)C. The number of hydrogen-bond acceptors (Lipinski definition) is 4. The summed E-state index contributed by atoms with van der Waals surface area (Å²) in [5.41, 5.74) is 1.34. The second-order valence-corrected chi connectivity index (χ2v) is 5.55. The van der Waals surface area contributed by atoms with E-state index in [2.05, 4.69) is 24.3 Å². The van der Waals surface area contributed by atoms with Crippen LogP contribution < -0.4 is 5.32 Å². The van der Waals surface area contributed by atoms with Crippen molar-refractivity contribution >= 4 is 0 Å². The van der Waals surface area contributed by atoms with E-state index in [9.17, 15) is 0 Å². The van der Waals surface area contributed by atoms with Crippen LogP contribution in [0.5, 0.6) is 0 Å². The van der Waals surface area contributed by atoms with Gasteiger partial charge in [0, 0.05) is 36.9 Å². The monoisotopic (exact) mass is 253 g/mol. The zero-order chi connectivity index (χ0) is 13.2. The zero-order valence-electron chi connectivity index (χ0n) is 11.4. The summed E-state index contributed by atoms with van der Waals surface area (Å²) in [6.07, 6.45) is 5.24. The molecule has 0 saturated heterocycles. The van der Waals surface area contributed by atoms with Gasteiger partial charge in [0.15, 0.2) is 0 Å². The highest BCUT2D eigenvalue weighted by molar-refractivity contribution is 5.07. The third-order valence-electron chi connectivity index (χ3n) is 4.03. The Morgan fingerprint density at radius 3 is 3.00 bits per heavy atom. The molecule has 0 aliphatic heterocycles. The second-order valence-electron chi connectivity index (χ2n) is 5.55. The number of rotatable bonds is 6. The normalized spacial score (nSPS) is 26.0. The highest BCUT2D eigenvalue weighted by Crippen LogP contribution is 2.42. The van der Waals surface area contributed by atoms with Crippen molar-refractivity contribution in [2.24, 2.45) is 5.41 Å². The Bertz CT molecular complexity index is 389. The van der Waals surface area contributed by atoms with Crippen LogP contribution in [0.4, 0.5) is 0 Å². The number of nitrogens with one attached hydrogen (secondary N) is 1. The average molecular weight is 253 g/mol. The highest BCUT2D eigenvalue weighted by Gasteiger charge is 2.48. The summed E-state index contributed by atoms with van der Waals surface area (Å²) >= 11 is 0. The number of nitrogens with zero attached hydrogens (tertiary/aromatic N) is 2. The number of hydrogen-bond donors (Lipinski definition) is 2. The molecule has 0 amide bonds. The van der Waals surface area contributed by atoms with E-state index in [4.69, 9.17) is 9.84 Å². The molecule has 0 radical (unpaired) electrons. The van der Waals surface area contributed by atoms with Crippen LogP contribution in [-0.2, 0) is 17.8 Å². The molecule has 1 aromatic rings. The number of ether oxygens (including phenoxy) is 1. The molecule has 1 fully saturated rings. The van der Waals surface area contributed by atoms with Gasteiger partial charge in [-0.1, -0.05) is 13.8 Å². The Balaban J connectivity index is 1.81. The Labute approximate surface area is 108 Å². The van der Waals surface area contributed by atoms with Crippen molar-refractivity contribution in [3.8, 4) is 0 Å². The first-order chi connectivity index (χ1) is 8.57. The van der Waals surface area contributed by atoms with E-state index in [0.29, 0.717) is 18.7 Å². The minimum atomic E-state index is 0.125. The third-order valence-corrected chi connectivity index (χ3v) is 4.03. The van der Waals surface area contributed by atoms with Crippen LogP contribution in [0, 0.1) is 5.41 Å². The van der Waals surface area contributed by atoms with E-state index >= 15 is 0 Å². The molecule has 5 nitrogen and oxygen atoms in total. The standard InChI is InChI=1S/C13H23N3O2/c1-13(2)11(6-12(13)18-3)14-7-10-8-15-16(9-10)4-5-17/h8-9,11-12,14,17H,4-7H2,1-3H3. The molecule has 5 heteroatoms. The molecule has 1 heterocycles. The number of methoxy groups -OCH3 is 1. The van der Waals surface area contributed by atoms with Crippen LogP contribution in [0.2, 0.25) is 0 Å². The Kier molecular flexibility index (Phi) is 4.04. The van der Waals surface area contributed by atoms with E-state index in [1.54, 1.807) is 11.8 Å². The van der Waals surface area contributed by atoms with Gasteiger partial charge in [-0.25, -0.2) is 0 Å². The predicted octanol–water partition coefficient (Wildman–Crippen LogP) is 0.778. The largest absolute Gasteiger partial charge is 0.394 e. The molecular formula is C13H23N3O2. The van der Waals surface area contributed by atoms with Crippen molar-refractivity contribution in [1.29, 1.82) is 0 Å². The second kappa shape index (κ2) is 5.38. The summed E-state index contributed by atoms with van der Waals surface area (Å²) in [6.45, 7) is 5.96. The van der Waals surface area contributed by atoms with Gasteiger partial charge in [-0.15, -0.1) is 0 Å². The van der Waals surface area contributed by atoms with Crippen molar-refractivity contribution in [3.63, 3.8) is 0 Å². The van der Waals surface area contributed by atoms with Crippen LogP contribution in [0.1, 0.15) is 25.8 Å². The highest BCUT2D eigenvalue weighted by atomic mass is 16.5. The van der Waals surface area contributed by atoms with Crippen LogP contribution in [0.15, 0.2) is 12.4 Å². The fourth-order valence-electron chi connectivity index (χ4n) is 2.60. The van der Waals surface area contributed by atoms with Gasteiger partial charge in [-0.05, 0) is 6.42 Å². The molecule has 1 aliphatic carbocycles. The maximum absolute atomic E-state index is 8.83. The third kappa shape index (κ3) is 2.58. The van der Waals surface area contributed by atoms with Crippen LogP contribution in [0.3, 0.4) is 0 Å². The van der Waals surface area contributed by atoms with Gasteiger partial charge >= 0.3 is 0 Å². The summed E-state index contributed by atoms with van der Waals surface area (Å²) in [5.74, 6) is 0. The van der Waals surface area contributed by atoms with Crippen LogP contribution >= 0.6 is 0 Å². The summed E-state index contributed by atoms with van der Waals surface area (Å²) in [7, 11) is 1.78. The fourth-order valence-corrected chi connectivity index (χ4v) is 2.60. The van der Waals surface area contributed by atoms with E-state index < -0.39 is 0 Å². The smallest absolute Gasteiger partial charge is 0.0652 e. The molecule has 1 aromatic heterocycles. The molecule has 0 spiro atoms. The van der Waals surface area contributed by atoms with Crippen LogP contribution in [0.25, 0.3) is 0 Å². The maximum Gasteiger partial charge on any atom is 0.0652 e. The fraction of sp³-hybridized carbons (Fsp3) is 0.769.